The molecule has 7 nitrogen and oxygen atoms in total. The summed E-state index contributed by atoms with van der Waals surface area (Å²) in [7, 11) is 3.01. The topological polar surface area (TPSA) is 79.4 Å². The number of nitrogens with zero attached hydrogens (tertiary/aromatic N) is 3. The molecule has 2 aromatic heterocycles. The first kappa shape index (κ1) is 20.7. The van der Waals surface area contributed by atoms with Gasteiger partial charge in [0.25, 0.3) is 0 Å². The van der Waals surface area contributed by atoms with E-state index in [0.717, 1.165) is 33.6 Å². The summed E-state index contributed by atoms with van der Waals surface area (Å²) >= 11 is 1.54. The third-order valence-corrected chi connectivity index (χ3v) is 5.71. The van der Waals surface area contributed by atoms with Crippen molar-refractivity contribution in [3.05, 3.63) is 83.8 Å². The number of carbonyl (C=O) groups excluding carboxylic acids is 1. The molecule has 0 amide bonds. The smallest absolute Gasteiger partial charge is 0.337 e. The van der Waals surface area contributed by atoms with E-state index in [2.05, 4.69) is 10.2 Å². The van der Waals surface area contributed by atoms with Crippen LogP contribution in [0.5, 0.6) is 5.75 Å². The van der Waals surface area contributed by atoms with Crippen molar-refractivity contribution in [1.82, 2.24) is 14.8 Å². The van der Waals surface area contributed by atoms with Gasteiger partial charge in [0.05, 0.1) is 32.6 Å². The van der Waals surface area contributed by atoms with E-state index in [-0.39, 0.29) is 5.97 Å². The first-order valence-corrected chi connectivity index (χ1v) is 10.6. The minimum absolute atomic E-state index is 0.352. The van der Waals surface area contributed by atoms with Crippen LogP contribution < -0.4 is 4.74 Å². The second-order valence-corrected chi connectivity index (χ2v) is 7.62. The summed E-state index contributed by atoms with van der Waals surface area (Å²) in [4.78, 5) is 11.8. The predicted octanol–water partition coefficient (Wildman–Crippen LogP) is 4.67. The Hall–Kier alpha value is -3.52. The first-order valence-electron chi connectivity index (χ1n) is 9.58. The number of methoxy groups -OCH3 is 2. The number of rotatable bonds is 8. The summed E-state index contributed by atoms with van der Waals surface area (Å²) in [6.07, 6.45) is 1.65. The molecule has 8 heteroatoms. The third kappa shape index (κ3) is 4.80. The molecule has 0 atom stereocenters. The number of thioether (sulfide) groups is 1. The molecule has 2 heterocycles. The molecule has 0 unspecified atom stereocenters. The average molecular weight is 436 g/mol. The van der Waals surface area contributed by atoms with Crippen LogP contribution in [0.4, 0.5) is 0 Å². The SMILES string of the molecule is COC(=O)c1cccc(CSc2nnc(-c3ccc(OC)cc3)n2Cc2ccco2)c1. The van der Waals surface area contributed by atoms with Crippen LogP contribution in [0.15, 0.2) is 76.5 Å². The van der Waals surface area contributed by atoms with Crippen LogP contribution >= 0.6 is 11.8 Å². The number of aromatic nitrogens is 3. The largest absolute Gasteiger partial charge is 0.497 e. The highest BCUT2D eigenvalue weighted by molar-refractivity contribution is 7.98. The van der Waals surface area contributed by atoms with Crippen LogP contribution in [0.25, 0.3) is 11.4 Å². The van der Waals surface area contributed by atoms with Crippen molar-refractivity contribution in [2.45, 2.75) is 17.5 Å². The Morgan fingerprint density at radius 2 is 1.90 bits per heavy atom. The van der Waals surface area contributed by atoms with Gasteiger partial charge >= 0.3 is 5.97 Å². The standard InChI is InChI=1S/C23H21N3O4S/c1-28-19-10-8-17(9-11-19)21-24-25-23(26(21)14-20-7-4-12-30-20)31-15-16-5-3-6-18(13-16)22(27)29-2/h3-13H,14-15H2,1-2H3. The predicted molar refractivity (Wildman–Crippen MR) is 117 cm³/mol. The maximum absolute atomic E-state index is 11.8. The zero-order valence-electron chi connectivity index (χ0n) is 17.1. The molecule has 0 aliphatic rings. The van der Waals surface area contributed by atoms with Gasteiger partial charge in [-0.2, -0.15) is 0 Å². The number of furan rings is 1. The van der Waals surface area contributed by atoms with Crippen LogP contribution in [0.3, 0.4) is 0 Å². The number of carbonyl (C=O) groups is 1. The molecular weight excluding hydrogens is 414 g/mol. The molecule has 0 aliphatic heterocycles. The first-order chi connectivity index (χ1) is 15.2. The van der Waals surface area contributed by atoms with Gasteiger partial charge in [-0.05, 0) is 54.1 Å². The van der Waals surface area contributed by atoms with Crippen molar-refractivity contribution in [1.29, 1.82) is 0 Å². The van der Waals surface area contributed by atoms with E-state index in [1.54, 1.807) is 31.2 Å². The second-order valence-electron chi connectivity index (χ2n) is 6.68. The molecule has 158 valence electrons. The monoisotopic (exact) mass is 435 g/mol. The van der Waals surface area contributed by atoms with Gasteiger partial charge in [-0.15, -0.1) is 10.2 Å². The fraction of sp³-hybridized carbons (Fsp3) is 0.174. The van der Waals surface area contributed by atoms with E-state index >= 15 is 0 Å². The molecule has 0 saturated heterocycles. The molecule has 31 heavy (non-hydrogen) atoms. The van der Waals surface area contributed by atoms with E-state index in [4.69, 9.17) is 13.9 Å². The van der Waals surface area contributed by atoms with E-state index in [9.17, 15) is 4.79 Å². The lowest BCUT2D eigenvalue weighted by molar-refractivity contribution is 0.0600. The van der Waals surface area contributed by atoms with Crippen molar-refractivity contribution >= 4 is 17.7 Å². The van der Waals surface area contributed by atoms with E-state index in [0.29, 0.717) is 17.9 Å². The highest BCUT2D eigenvalue weighted by Crippen LogP contribution is 2.28. The Morgan fingerprint density at radius 1 is 1.06 bits per heavy atom. The lowest BCUT2D eigenvalue weighted by atomic mass is 10.1. The van der Waals surface area contributed by atoms with Gasteiger partial charge in [-0.3, -0.25) is 4.57 Å². The Balaban J connectivity index is 1.61. The molecule has 4 rings (SSSR count). The van der Waals surface area contributed by atoms with Crippen molar-refractivity contribution in [2.24, 2.45) is 0 Å². The second kappa shape index (κ2) is 9.53. The molecule has 0 radical (unpaired) electrons. The summed E-state index contributed by atoms with van der Waals surface area (Å²) in [5.74, 6) is 2.61. The maximum atomic E-state index is 11.8. The van der Waals surface area contributed by atoms with Gasteiger partial charge in [-0.25, -0.2) is 4.79 Å². The normalized spacial score (nSPS) is 10.8. The highest BCUT2D eigenvalue weighted by Gasteiger charge is 2.16. The van der Waals surface area contributed by atoms with Crippen LogP contribution in [0.1, 0.15) is 21.7 Å². The third-order valence-electron chi connectivity index (χ3n) is 4.68. The Morgan fingerprint density at radius 3 is 2.61 bits per heavy atom. The Kier molecular flexibility index (Phi) is 6.37. The molecule has 2 aromatic carbocycles. The van der Waals surface area contributed by atoms with E-state index in [1.165, 1.54) is 7.11 Å². The Labute approximate surface area is 184 Å². The molecule has 0 aliphatic carbocycles. The van der Waals surface area contributed by atoms with Gasteiger partial charge in [0.2, 0.25) is 0 Å². The van der Waals surface area contributed by atoms with Gasteiger partial charge in [0, 0.05) is 11.3 Å². The van der Waals surface area contributed by atoms with Gasteiger partial charge < -0.3 is 13.9 Å². The average Bonchev–Trinajstić information content (AvgIpc) is 3.48. The molecular formula is C23H21N3O4S. The van der Waals surface area contributed by atoms with Crippen molar-refractivity contribution in [2.75, 3.05) is 14.2 Å². The maximum Gasteiger partial charge on any atom is 0.337 e. The summed E-state index contributed by atoms with van der Waals surface area (Å²) in [6.45, 7) is 0.506. The number of ether oxygens (including phenoxy) is 2. The van der Waals surface area contributed by atoms with Crippen LogP contribution in [-0.2, 0) is 17.0 Å². The fourth-order valence-electron chi connectivity index (χ4n) is 3.10. The Bertz CT molecular complexity index is 1150. The molecule has 0 spiro atoms. The van der Waals surface area contributed by atoms with Crippen LogP contribution in [-0.4, -0.2) is 35.0 Å². The zero-order chi connectivity index (χ0) is 21.6. The minimum atomic E-state index is -0.352. The lowest BCUT2D eigenvalue weighted by Crippen LogP contribution is -2.04. The molecule has 4 aromatic rings. The minimum Gasteiger partial charge on any atom is -0.497 e. The van der Waals surface area contributed by atoms with Gasteiger partial charge in [0.15, 0.2) is 11.0 Å². The molecule has 0 N–H and O–H groups in total. The summed E-state index contributed by atoms with van der Waals surface area (Å²) in [6, 6.07) is 18.9. The highest BCUT2D eigenvalue weighted by atomic mass is 32.2. The number of esters is 1. The van der Waals surface area contributed by atoms with Gasteiger partial charge in [-0.1, -0.05) is 23.9 Å². The van der Waals surface area contributed by atoms with E-state index in [1.807, 2.05) is 59.2 Å². The van der Waals surface area contributed by atoms with E-state index < -0.39 is 0 Å². The molecule has 0 bridgehead atoms. The van der Waals surface area contributed by atoms with Crippen molar-refractivity contribution < 1.29 is 18.7 Å². The number of hydrogen-bond acceptors (Lipinski definition) is 7. The zero-order valence-corrected chi connectivity index (χ0v) is 18.0. The van der Waals surface area contributed by atoms with Crippen molar-refractivity contribution in [3.63, 3.8) is 0 Å². The van der Waals surface area contributed by atoms with Gasteiger partial charge in [0.1, 0.15) is 11.5 Å². The summed E-state index contributed by atoms with van der Waals surface area (Å²) in [5, 5.41) is 9.60. The number of hydrogen-bond donors (Lipinski definition) is 0. The summed E-state index contributed by atoms with van der Waals surface area (Å²) < 4.78 is 17.6. The molecule has 0 fully saturated rings. The van der Waals surface area contributed by atoms with Crippen LogP contribution in [0.2, 0.25) is 0 Å². The molecule has 0 saturated carbocycles. The van der Waals surface area contributed by atoms with Crippen LogP contribution in [0, 0.1) is 0 Å². The fourth-order valence-corrected chi connectivity index (χ4v) is 3.98. The van der Waals surface area contributed by atoms with Crippen molar-refractivity contribution in [3.8, 4) is 17.1 Å². The quantitative estimate of drug-likeness (QED) is 0.294. The summed E-state index contributed by atoms with van der Waals surface area (Å²) in [5.41, 5.74) is 2.45. The number of benzene rings is 2. The lowest BCUT2D eigenvalue weighted by Gasteiger charge is -2.10.